The Bertz CT molecular complexity index is 235. The minimum atomic E-state index is 0.287. The number of nitrogens with one attached hydrogen (secondary N) is 1. The first-order chi connectivity index (χ1) is 6.74. The van der Waals surface area contributed by atoms with Crippen LogP contribution in [-0.2, 0) is 0 Å². The van der Waals surface area contributed by atoms with Crippen molar-refractivity contribution in [2.75, 3.05) is 13.2 Å². The topological polar surface area (TPSA) is 32.3 Å². The Morgan fingerprint density at radius 2 is 2.29 bits per heavy atom. The van der Waals surface area contributed by atoms with E-state index in [1.807, 2.05) is 0 Å². The normalized spacial score (nSPS) is 15.4. The highest BCUT2D eigenvalue weighted by Gasteiger charge is 2.07. The molecule has 80 valence electrons. The number of hydrogen-bond donors (Lipinski definition) is 2. The van der Waals surface area contributed by atoms with Crippen molar-refractivity contribution >= 4 is 11.3 Å². The molecule has 2 N–H and O–H groups in total. The Hall–Kier alpha value is -0.380. The minimum absolute atomic E-state index is 0.287. The predicted molar refractivity (Wildman–Crippen MR) is 61.6 cm³/mol. The molecule has 0 aliphatic carbocycles. The predicted octanol–water partition coefficient (Wildman–Crippen LogP) is 2.42. The van der Waals surface area contributed by atoms with Gasteiger partial charge in [-0.25, -0.2) is 0 Å². The molecule has 0 amide bonds. The van der Waals surface area contributed by atoms with E-state index in [1.54, 1.807) is 11.3 Å². The van der Waals surface area contributed by atoms with E-state index in [-0.39, 0.29) is 6.61 Å². The lowest BCUT2D eigenvalue weighted by atomic mass is 10.1. The average molecular weight is 213 g/mol. The van der Waals surface area contributed by atoms with Gasteiger partial charge in [0.05, 0.1) is 0 Å². The van der Waals surface area contributed by atoms with Crippen LogP contribution in [0.25, 0.3) is 0 Å². The van der Waals surface area contributed by atoms with E-state index in [1.165, 1.54) is 5.56 Å². The molecule has 0 saturated heterocycles. The van der Waals surface area contributed by atoms with Gasteiger partial charge in [0, 0.05) is 12.6 Å². The lowest BCUT2D eigenvalue weighted by molar-refractivity contribution is 0.258. The largest absolute Gasteiger partial charge is 0.396 e. The van der Waals surface area contributed by atoms with Crippen molar-refractivity contribution in [3.63, 3.8) is 0 Å². The fourth-order valence-corrected chi connectivity index (χ4v) is 2.09. The number of rotatable bonds is 6. The van der Waals surface area contributed by atoms with Gasteiger partial charge >= 0.3 is 0 Å². The van der Waals surface area contributed by atoms with Crippen LogP contribution in [0.3, 0.4) is 0 Å². The monoisotopic (exact) mass is 213 g/mol. The van der Waals surface area contributed by atoms with Crippen molar-refractivity contribution in [3.8, 4) is 0 Å². The molecule has 0 bridgehead atoms. The summed E-state index contributed by atoms with van der Waals surface area (Å²) in [4.78, 5) is 0. The van der Waals surface area contributed by atoms with E-state index in [0.717, 1.165) is 13.0 Å². The molecule has 0 radical (unpaired) electrons. The molecule has 0 aliphatic heterocycles. The Labute approximate surface area is 90.0 Å². The number of aliphatic hydroxyl groups excluding tert-OH is 1. The van der Waals surface area contributed by atoms with Crippen LogP contribution >= 0.6 is 11.3 Å². The van der Waals surface area contributed by atoms with Crippen LogP contribution in [0.5, 0.6) is 0 Å². The van der Waals surface area contributed by atoms with Crippen LogP contribution < -0.4 is 5.32 Å². The summed E-state index contributed by atoms with van der Waals surface area (Å²) in [6.45, 7) is 5.59. The summed E-state index contributed by atoms with van der Waals surface area (Å²) in [6, 6.07) is 2.57. The maximum absolute atomic E-state index is 8.76. The van der Waals surface area contributed by atoms with E-state index in [0.29, 0.717) is 12.0 Å². The zero-order chi connectivity index (χ0) is 10.4. The summed E-state index contributed by atoms with van der Waals surface area (Å²) in [7, 11) is 0. The van der Waals surface area contributed by atoms with E-state index >= 15 is 0 Å². The molecule has 14 heavy (non-hydrogen) atoms. The van der Waals surface area contributed by atoms with Gasteiger partial charge in [0.25, 0.3) is 0 Å². The third kappa shape index (κ3) is 3.78. The van der Waals surface area contributed by atoms with E-state index in [2.05, 4.69) is 36.0 Å². The molecule has 1 heterocycles. The minimum Gasteiger partial charge on any atom is -0.396 e. The van der Waals surface area contributed by atoms with E-state index in [4.69, 9.17) is 5.11 Å². The molecule has 2 unspecified atom stereocenters. The quantitative estimate of drug-likeness (QED) is 0.760. The van der Waals surface area contributed by atoms with Crippen molar-refractivity contribution in [1.29, 1.82) is 0 Å². The second kappa shape index (κ2) is 6.17. The van der Waals surface area contributed by atoms with Gasteiger partial charge in [-0.05, 0) is 48.2 Å². The van der Waals surface area contributed by atoms with Gasteiger partial charge in [0.15, 0.2) is 0 Å². The van der Waals surface area contributed by atoms with Crippen LogP contribution in [0.4, 0.5) is 0 Å². The highest BCUT2D eigenvalue weighted by molar-refractivity contribution is 7.07. The molecular weight excluding hydrogens is 194 g/mol. The standard InChI is InChI=1S/C11H19NOS/c1-9(3-5-13)7-12-10(2)11-4-6-14-8-11/h4,6,8-10,12-13H,3,5,7H2,1-2H3. The second-order valence-corrected chi connectivity index (χ2v) is 4.58. The maximum Gasteiger partial charge on any atom is 0.0434 e. The summed E-state index contributed by atoms with van der Waals surface area (Å²) in [6.07, 6.45) is 0.878. The van der Waals surface area contributed by atoms with Crippen molar-refractivity contribution < 1.29 is 5.11 Å². The average Bonchev–Trinajstić information content (AvgIpc) is 2.67. The molecule has 2 atom stereocenters. The Kier molecular flexibility index (Phi) is 5.15. The van der Waals surface area contributed by atoms with Crippen LogP contribution in [0.15, 0.2) is 16.8 Å². The summed E-state index contributed by atoms with van der Waals surface area (Å²) in [5, 5.41) is 16.5. The molecular formula is C11H19NOS. The highest BCUT2D eigenvalue weighted by Crippen LogP contribution is 2.15. The first kappa shape index (κ1) is 11.7. The van der Waals surface area contributed by atoms with Gasteiger partial charge in [0.2, 0.25) is 0 Å². The summed E-state index contributed by atoms with van der Waals surface area (Å²) in [5.74, 6) is 0.543. The van der Waals surface area contributed by atoms with Crippen LogP contribution in [0, 0.1) is 5.92 Å². The third-order valence-corrected chi connectivity index (χ3v) is 3.14. The lowest BCUT2D eigenvalue weighted by Gasteiger charge is -2.16. The zero-order valence-corrected chi connectivity index (χ0v) is 9.68. The van der Waals surface area contributed by atoms with Crippen LogP contribution in [0.1, 0.15) is 31.9 Å². The molecule has 1 rings (SSSR count). The van der Waals surface area contributed by atoms with E-state index < -0.39 is 0 Å². The summed E-state index contributed by atoms with van der Waals surface area (Å²) >= 11 is 1.73. The van der Waals surface area contributed by atoms with Crippen molar-refractivity contribution in [1.82, 2.24) is 5.32 Å². The number of thiophene rings is 1. The van der Waals surface area contributed by atoms with E-state index in [9.17, 15) is 0 Å². The maximum atomic E-state index is 8.76. The summed E-state index contributed by atoms with van der Waals surface area (Å²) in [5.41, 5.74) is 1.35. The Morgan fingerprint density at radius 1 is 1.50 bits per heavy atom. The third-order valence-electron chi connectivity index (χ3n) is 2.44. The first-order valence-corrected chi connectivity index (χ1v) is 6.04. The van der Waals surface area contributed by atoms with Gasteiger partial charge in [-0.3, -0.25) is 0 Å². The fourth-order valence-electron chi connectivity index (χ4n) is 1.34. The molecule has 1 aromatic heterocycles. The summed E-state index contributed by atoms with van der Waals surface area (Å²) < 4.78 is 0. The van der Waals surface area contributed by atoms with Crippen LogP contribution in [0.2, 0.25) is 0 Å². The van der Waals surface area contributed by atoms with Gasteiger partial charge in [0.1, 0.15) is 0 Å². The lowest BCUT2D eigenvalue weighted by Crippen LogP contribution is -2.24. The van der Waals surface area contributed by atoms with Gasteiger partial charge in [-0.2, -0.15) is 11.3 Å². The molecule has 0 aliphatic rings. The van der Waals surface area contributed by atoms with Crippen molar-refractivity contribution in [3.05, 3.63) is 22.4 Å². The molecule has 3 heteroatoms. The molecule has 1 aromatic rings. The van der Waals surface area contributed by atoms with Gasteiger partial charge < -0.3 is 10.4 Å². The zero-order valence-electron chi connectivity index (χ0n) is 8.86. The van der Waals surface area contributed by atoms with Crippen LogP contribution in [-0.4, -0.2) is 18.3 Å². The van der Waals surface area contributed by atoms with Gasteiger partial charge in [-0.1, -0.05) is 6.92 Å². The molecule has 2 nitrogen and oxygen atoms in total. The molecule has 0 saturated carbocycles. The molecule has 0 fully saturated rings. The highest BCUT2D eigenvalue weighted by atomic mass is 32.1. The fraction of sp³-hybridized carbons (Fsp3) is 0.636. The first-order valence-electron chi connectivity index (χ1n) is 5.10. The van der Waals surface area contributed by atoms with Crippen molar-refractivity contribution in [2.24, 2.45) is 5.92 Å². The van der Waals surface area contributed by atoms with Crippen molar-refractivity contribution in [2.45, 2.75) is 26.3 Å². The second-order valence-electron chi connectivity index (χ2n) is 3.80. The number of hydrogen-bond acceptors (Lipinski definition) is 3. The number of aliphatic hydroxyl groups is 1. The van der Waals surface area contributed by atoms with Gasteiger partial charge in [-0.15, -0.1) is 0 Å². The Morgan fingerprint density at radius 3 is 2.86 bits per heavy atom. The molecule has 0 spiro atoms. The smallest absolute Gasteiger partial charge is 0.0434 e. The SMILES string of the molecule is CC(CCO)CNC(C)c1ccsc1. The molecule has 0 aromatic carbocycles. The Balaban J connectivity index is 2.24.